The Morgan fingerprint density at radius 3 is 2.79 bits per heavy atom. The minimum Gasteiger partial charge on any atom is -0.358 e. The molecule has 0 bridgehead atoms. The zero-order valence-electron chi connectivity index (χ0n) is 8.77. The van der Waals surface area contributed by atoms with E-state index in [0.29, 0.717) is 6.54 Å². The molecule has 1 aromatic heterocycles. The minimum atomic E-state index is 0.648. The molecule has 0 unspecified atom stereocenters. The summed E-state index contributed by atoms with van der Waals surface area (Å²) in [7, 11) is 3.99. The standard InChI is InChI=1S/C10H15N3S/c1-13(2)10(14-3)12-8-9-6-4-5-7-11-9/h4-7H,8H2,1-3H3. The SMILES string of the molecule is CSC(=NCc1ccccn1)N(C)C. The van der Waals surface area contributed by atoms with E-state index < -0.39 is 0 Å². The second-order valence-corrected chi connectivity index (χ2v) is 3.79. The van der Waals surface area contributed by atoms with Gasteiger partial charge in [-0.3, -0.25) is 9.98 Å². The number of aliphatic imine (C=N–C) groups is 1. The molecule has 0 aliphatic carbocycles. The molecule has 0 radical (unpaired) electrons. The van der Waals surface area contributed by atoms with Gasteiger partial charge in [0.15, 0.2) is 5.17 Å². The molecule has 0 aliphatic heterocycles. The Bertz CT molecular complexity index is 295. The van der Waals surface area contributed by atoms with E-state index in [1.165, 1.54) is 0 Å². The predicted molar refractivity (Wildman–Crippen MR) is 62.6 cm³/mol. The quantitative estimate of drug-likeness (QED) is 0.550. The summed E-state index contributed by atoms with van der Waals surface area (Å²) in [5.74, 6) is 0. The van der Waals surface area contributed by atoms with Gasteiger partial charge in [-0.2, -0.15) is 0 Å². The molecule has 1 aromatic rings. The number of hydrogen-bond acceptors (Lipinski definition) is 3. The summed E-state index contributed by atoms with van der Waals surface area (Å²) < 4.78 is 0. The fourth-order valence-electron chi connectivity index (χ4n) is 1.03. The lowest BCUT2D eigenvalue weighted by Crippen LogP contribution is -2.18. The van der Waals surface area contributed by atoms with Gasteiger partial charge < -0.3 is 4.90 Å². The van der Waals surface area contributed by atoms with E-state index in [-0.39, 0.29) is 0 Å². The van der Waals surface area contributed by atoms with Crippen LogP contribution in [0.25, 0.3) is 0 Å². The maximum Gasteiger partial charge on any atom is 0.158 e. The van der Waals surface area contributed by atoms with Gasteiger partial charge in [-0.1, -0.05) is 17.8 Å². The normalized spacial score (nSPS) is 11.5. The molecular formula is C10H15N3S. The van der Waals surface area contributed by atoms with Crippen molar-refractivity contribution >= 4 is 16.9 Å². The van der Waals surface area contributed by atoms with E-state index in [4.69, 9.17) is 0 Å². The molecule has 1 rings (SSSR count). The van der Waals surface area contributed by atoms with Crippen LogP contribution in [0.5, 0.6) is 0 Å². The molecule has 0 fully saturated rings. The maximum absolute atomic E-state index is 4.46. The lowest BCUT2D eigenvalue weighted by Gasteiger charge is -2.12. The van der Waals surface area contributed by atoms with Gasteiger partial charge in [-0.25, -0.2) is 0 Å². The van der Waals surface area contributed by atoms with Crippen LogP contribution in [0.3, 0.4) is 0 Å². The number of thioether (sulfide) groups is 1. The van der Waals surface area contributed by atoms with E-state index in [2.05, 4.69) is 9.98 Å². The second kappa shape index (κ2) is 5.65. The summed E-state index contributed by atoms with van der Waals surface area (Å²) in [6.07, 6.45) is 3.82. The summed E-state index contributed by atoms with van der Waals surface area (Å²) in [5, 5.41) is 1.02. The van der Waals surface area contributed by atoms with Crippen LogP contribution in [0.1, 0.15) is 5.69 Å². The minimum absolute atomic E-state index is 0.648. The molecule has 0 aromatic carbocycles. The smallest absolute Gasteiger partial charge is 0.158 e. The molecule has 0 N–H and O–H groups in total. The van der Waals surface area contributed by atoms with Crippen LogP contribution in [-0.2, 0) is 6.54 Å². The molecular weight excluding hydrogens is 194 g/mol. The Morgan fingerprint density at radius 1 is 1.50 bits per heavy atom. The summed E-state index contributed by atoms with van der Waals surface area (Å²) in [6, 6.07) is 5.87. The van der Waals surface area contributed by atoms with Gasteiger partial charge in [-0.05, 0) is 18.4 Å². The molecule has 14 heavy (non-hydrogen) atoms. The highest BCUT2D eigenvalue weighted by Crippen LogP contribution is 2.04. The van der Waals surface area contributed by atoms with Crippen molar-refractivity contribution < 1.29 is 0 Å². The first-order valence-corrected chi connectivity index (χ1v) is 5.62. The number of nitrogens with zero attached hydrogens (tertiary/aromatic N) is 3. The highest BCUT2D eigenvalue weighted by molar-refractivity contribution is 8.13. The maximum atomic E-state index is 4.46. The van der Waals surface area contributed by atoms with Crippen molar-refractivity contribution in [3.63, 3.8) is 0 Å². The van der Waals surface area contributed by atoms with Crippen LogP contribution in [0.2, 0.25) is 0 Å². The molecule has 1 heterocycles. The molecule has 0 aliphatic rings. The van der Waals surface area contributed by atoms with E-state index >= 15 is 0 Å². The van der Waals surface area contributed by atoms with Crippen LogP contribution < -0.4 is 0 Å². The lowest BCUT2D eigenvalue weighted by atomic mass is 10.3. The van der Waals surface area contributed by atoms with Crippen LogP contribution in [0.15, 0.2) is 29.4 Å². The van der Waals surface area contributed by atoms with Gasteiger partial charge in [0.05, 0.1) is 12.2 Å². The molecule has 76 valence electrons. The van der Waals surface area contributed by atoms with Gasteiger partial charge in [-0.15, -0.1) is 0 Å². The van der Waals surface area contributed by atoms with Crippen molar-refractivity contribution in [2.45, 2.75) is 6.54 Å². The van der Waals surface area contributed by atoms with Crippen LogP contribution in [-0.4, -0.2) is 35.4 Å². The number of hydrogen-bond donors (Lipinski definition) is 0. The monoisotopic (exact) mass is 209 g/mol. The summed E-state index contributed by atoms with van der Waals surface area (Å²) in [6.45, 7) is 0.648. The van der Waals surface area contributed by atoms with Crippen molar-refractivity contribution in [3.05, 3.63) is 30.1 Å². The number of rotatable bonds is 2. The average Bonchev–Trinajstić information content (AvgIpc) is 2.20. The zero-order valence-corrected chi connectivity index (χ0v) is 9.58. The third kappa shape index (κ3) is 3.38. The van der Waals surface area contributed by atoms with E-state index in [0.717, 1.165) is 10.9 Å². The van der Waals surface area contributed by atoms with Crippen molar-refractivity contribution in [1.82, 2.24) is 9.88 Å². The number of aromatic nitrogens is 1. The Hall–Kier alpha value is -1.03. The van der Waals surface area contributed by atoms with E-state index in [9.17, 15) is 0 Å². The Balaban J connectivity index is 2.62. The van der Waals surface area contributed by atoms with Gasteiger partial charge in [0, 0.05) is 20.3 Å². The summed E-state index contributed by atoms with van der Waals surface area (Å²) in [4.78, 5) is 10.7. The molecule has 4 heteroatoms. The fourth-order valence-corrected chi connectivity index (χ4v) is 1.59. The molecule has 0 amide bonds. The topological polar surface area (TPSA) is 28.5 Å². The van der Waals surface area contributed by atoms with Crippen molar-refractivity contribution in [2.75, 3.05) is 20.4 Å². The zero-order chi connectivity index (χ0) is 10.4. The Labute approximate surface area is 89.3 Å². The first kappa shape index (κ1) is 11.0. The highest BCUT2D eigenvalue weighted by Gasteiger charge is 1.98. The first-order valence-electron chi connectivity index (χ1n) is 4.39. The van der Waals surface area contributed by atoms with Gasteiger partial charge in [0.25, 0.3) is 0 Å². The number of pyridine rings is 1. The average molecular weight is 209 g/mol. The van der Waals surface area contributed by atoms with Crippen LogP contribution in [0, 0.1) is 0 Å². The van der Waals surface area contributed by atoms with Crippen LogP contribution >= 0.6 is 11.8 Å². The third-order valence-electron chi connectivity index (χ3n) is 1.67. The van der Waals surface area contributed by atoms with Crippen LogP contribution in [0.4, 0.5) is 0 Å². The third-order valence-corrected chi connectivity index (χ3v) is 2.53. The van der Waals surface area contributed by atoms with Crippen molar-refractivity contribution in [1.29, 1.82) is 0 Å². The second-order valence-electron chi connectivity index (χ2n) is 3.02. The molecule has 0 saturated carbocycles. The Kier molecular flexibility index (Phi) is 4.46. The molecule has 3 nitrogen and oxygen atoms in total. The summed E-state index contributed by atoms with van der Waals surface area (Å²) >= 11 is 1.65. The van der Waals surface area contributed by atoms with E-state index in [1.807, 2.05) is 43.5 Å². The largest absolute Gasteiger partial charge is 0.358 e. The van der Waals surface area contributed by atoms with Gasteiger partial charge in [0.1, 0.15) is 0 Å². The van der Waals surface area contributed by atoms with Crippen molar-refractivity contribution in [2.24, 2.45) is 4.99 Å². The first-order chi connectivity index (χ1) is 6.74. The Morgan fingerprint density at radius 2 is 2.29 bits per heavy atom. The highest BCUT2D eigenvalue weighted by atomic mass is 32.2. The van der Waals surface area contributed by atoms with Crippen molar-refractivity contribution in [3.8, 4) is 0 Å². The molecule has 0 saturated heterocycles. The fraction of sp³-hybridized carbons (Fsp3) is 0.400. The lowest BCUT2D eigenvalue weighted by molar-refractivity contribution is 0.631. The summed E-state index contributed by atoms with van der Waals surface area (Å²) in [5.41, 5.74) is 1.00. The molecule has 0 spiro atoms. The molecule has 0 atom stereocenters. The van der Waals surface area contributed by atoms with Gasteiger partial charge >= 0.3 is 0 Å². The van der Waals surface area contributed by atoms with Gasteiger partial charge in [0.2, 0.25) is 0 Å². The van der Waals surface area contributed by atoms with E-state index in [1.54, 1.807) is 18.0 Å². The predicted octanol–water partition coefficient (Wildman–Crippen LogP) is 1.86. The number of amidine groups is 1.